The van der Waals surface area contributed by atoms with Gasteiger partial charge in [0.2, 0.25) is 11.8 Å². The first kappa shape index (κ1) is 14.4. The van der Waals surface area contributed by atoms with E-state index >= 15 is 0 Å². The van der Waals surface area contributed by atoms with Crippen LogP contribution in [-0.2, 0) is 9.59 Å². The fraction of sp³-hybridized carbons (Fsp3) is 0.833. The highest BCUT2D eigenvalue weighted by molar-refractivity contribution is 7.98. The second-order valence-electron chi connectivity index (χ2n) is 5.07. The highest BCUT2D eigenvalue weighted by Crippen LogP contribution is 2.14. The van der Waals surface area contributed by atoms with Crippen molar-refractivity contribution in [2.75, 3.05) is 25.1 Å². The summed E-state index contributed by atoms with van der Waals surface area (Å²) >= 11 is 1.77. The SMILES string of the molecule is CSCC(C)CN1CC(=O)NC(C(C)C)C1=O. The maximum Gasteiger partial charge on any atom is 0.245 e. The second-order valence-corrected chi connectivity index (χ2v) is 5.98. The Morgan fingerprint density at radius 3 is 2.59 bits per heavy atom. The zero-order valence-corrected chi connectivity index (χ0v) is 11.8. The summed E-state index contributed by atoms with van der Waals surface area (Å²) in [6.45, 7) is 6.91. The fourth-order valence-electron chi connectivity index (χ4n) is 2.05. The molecule has 4 nitrogen and oxygen atoms in total. The van der Waals surface area contributed by atoms with E-state index in [9.17, 15) is 9.59 Å². The van der Waals surface area contributed by atoms with Crippen molar-refractivity contribution in [3.8, 4) is 0 Å². The van der Waals surface area contributed by atoms with E-state index in [2.05, 4.69) is 18.5 Å². The lowest BCUT2D eigenvalue weighted by molar-refractivity contribution is -0.146. The van der Waals surface area contributed by atoms with Gasteiger partial charge in [-0.2, -0.15) is 11.8 Å². The van der Waals surface area contributed by atoms with E-state index in [1.54, 1.807) is 16.7 Å². The minimum Gasteiger partial charge on any atom is -0.343 e. The maximum atomic E-state index is 12.2. The predicted octanol–water partition coefficient (Wildman–Crippen LogP) is 0.968. The number of hydrogen-bond acceptors (Lipinski definition) is 3. The van der Waals surface area contributed by atoms with Gasteiger partial charge in [0.1, 0.15) is 6.04 Å². The first-order chi connectivity index (χ1) is 7.95. The molecule has 0 spiro atoms. The van der Waals surface area contributed by atoms with Gasteiger partial charge in [-0.3, -0.25) is 9.59 Å². The molecule has 1 fully saturated rings. The average Bonchev–Trinajstić information content (AvgIpc) is 2.22. The third-order valence-electron chi connectivity index (χ3n) is 2.88. The summed E-state index contributed by atoms with van der Waals surface area (Å²) in [5, 5.41) is 2.77. The van der Waals surface area contributed by atoms with E-state index in [0.717, 1.165) is 5.75 Å². The number of hydrogen-bond donors (Lipinski definition) is 1. The lowest BCUT2D eigenvalue weighted by Crippen LogP contribution is -2.60. The molecule has 1 N–H and O–H groups in total. The van der Waals surface area contributed by atoms with Crippen LogP contribution in [0.15, 0.2) is 0 Å². The van der Waals surface area contributed by atoms with Crippen molar-refractivity contribution in [2.45, 2.75) is 26.8 Å². The van der Waals surface area contributed by atoms with Crippen molar-refractivity contribution in [2.24, 2.45) is 11.8 Å². The number of carbonyl (C=O) groups is 2. The number of nitrogens with zero attached hydrogens (tertiary/aromatic N) is 1. The number of amides is 2. The third-order valence-corrected chi connectivity index (χ3v) is 3.78. The molecule has 0 saturated carbocycles. The van der Waals surface area contributed by atoms with Gasteiger partial charge in [0, 0.05) is 6.54 Å². The quantitative estimate of drug-likeness (QED) is 0.799. The normalized spacial score (nSPS) is 22.9. The Kier molecular flexibility index (Phi) is 5.31. The standard InChI is InChI=1S/C12H22N2O2S/c1-8(2)11-12(16)14(6-10(15)13-11)5-9(3)7-17-4/h8-9,11H,5-7H2,1-4H3,(H,13,15). The largest absolute Gasteiger partial charge is 0.343 e. The van der Waals surface area contributed by atoms with Gasteiger partial charge in [0.25, 0.3) is 0 Å². The van der Waals surface area contributed by atoms with E-state index in [1.165, 1.54) is 0 Å². The molecular formula is C12H22N2O2S. The summed E-state index contributed by atoms with van der Waals surface area (Å²) in [6, 6.07) is -0.349. The molecule has 17 heavy (non-hydrogen) atoms. The summed E-state index contributed by atoms with van der Waals surface area (Å²) in [4.78, 5) is 25.4. The monoisotopic (exact) mass is 258 g/mol. The minimum atomic E-state index is -0.349. The van der Waals surface area contributed by atoms with Crippen molar-refractivity contribution in [1.29, 1.82) is 0 Å². The van der Waals surface area contributed by atoms with Gasteiger partial charge >= 0.3 is 0 Å². The predicted molar refractivity (Wildman–Crippen MR) is 70.9 cm³/mol. The van der Waals surface area contributed by atoms with Crippen molar-refractivity contribution in [1.82, 2.24) is 10.2 Å². The van der Waals surface area contributed by atoms with Crippen molar-refractivity contribution < 1.29 is 9.59 Å². The molecule has 1 rings (SSSR count). The Labute approximate surface area is 108 Å². The molecule has 0 aromatic carbocycles. The topological polar surface area (TPSA) is 49.4 Å². The van der Waals surface area contributed by atoms with Crippen LogP contribution in [0.1, 0.15) is 20.8 Å². The molecule has 98 valence electrons. The van der Waals surface area contributed by atoms with Crippen molar-refractivity contribution >= 4 is 23.6 Å². The van der Waals surface area contributed by atoms with E-state index < -0.39 is 0 Å². The van der Waals surface area contributed by atoms with Gasteiger partial charge in [-0.25, -0.2) is 0 Å². The summed E-state index contributed by atoms with van der Waals surface area (Å²) in [5.74, 6) is 1.60. The van der Waals surface area contributed by atoms with Crippen LogP contribution in [0.2, 0.25) is 0 Å². The summed E-state index contributed by atoms with van der Waals surface area (Å²) in [7, 11) is 0. The minimum absolute atomic E-state index is 0.0420. The molecule has 2 atom stereocenters. The Morgan fingerprint density at radius 1 is 1.41 bits per heavy atom. The van der Waals surface area contributed by atoms with Gasteiger partial charge in [0.15, 0.2) is 0 Å². The molecule has 1 aliphatic rings. The highest BCUT2D eigenvalue weighted by atomic mass is 32.2. The van der Waals surface area contributed by atoms with E-state index in [1.807, 2.05) is 13.8 Å². The van der Waals surface area contributed by atoms with E-state index in [4.69, 9.17) is 0 Å². The van der Waals surface area contributed by atoms with Gasteiger partial charge in [-0.1, -0.05) is 20.8 Å². The Morgan fingerprint density at radius 2 is 2.06 bits per heavy atom. The molecule has 0 aromatic rings. The Hall–Kier alpha value is -0.710. The van der Waals surface area contributed by atoms with Crippen LogP contribution in [0.3, 0.4) is 0 Å². The number of thioether (sulfide) groups is 1. The van der Waals surface area contributed by atoms with Crippen LogP contribution in [-0.4, -0.2) is 47.9 Å². The number of piperazine rings is 1. The first-order valence-corrected chi connectivity index (χ1v) is 7.42. The van der Waals surface area contributed by atoms with Crippen LogP contribution < -0.4 is 5.32 Å². The molecule has 0 aliphatic carbocycles. The summed E-state index contributed by atoms with van der Waals surface area (Å²) in [5.41, 5.74) is 0. The fourth-order valence-corrected chi connectivity index (χ4v) is 2.72. The Balaban J connectivity index is 2.64. The van der Waals surface area contributed by atoms with Gasteiger partial charge in [-0.05, 0) is 23.8 Å². The van der Waals surface area contributed by atoms with E-state index in [0.29, 0.717) is 12.5 Å². The van der Waals surface area contributed by atoms with Crippen LogP contribution in [0.4, 0.5) is 0 Å². The zero-order chi connectivity index (χ0) is 13.0. The second kappa shape index (κ2) is 6.28. The lowest BCUT2D eigenvalue weighted by atomic mass is 10.00. The number of nitrogens with one attached hydrogen (secondary N) is 1. The molecule has 1 heterocycles. The van der Waals surface area contributed by atoms with E-state index in [-0.39, 0.29) is 30.3 Å². The molecular weight excluding hydrogens is 236 g/mol. The third kappa shape index (κ3) is 3.91. The van der Waals surface area contributed by atoms with Crippen LogP contribution >= 0.6 is 11.8 Å². The molecule has 5 heteroatoms. The van der Waals surface area contributed by atoms with Gasteiger partial charge in [-0.15, -0.1) is 0 Å². The molecule has 1 aliphatic heterocycles. The Bertz CT molecular complexity index is 294. The molecule has 2 amide bonds. The van der Waals surface area contributed by atoms with Gasteiger partial charge in [0.05, 0.1) is 6.54 Å². The average molecular weight is 258 g/mol. The zero-order valence-electron chi connectivity index (χ0n) is 11.0. The molecule has 0 aromatic heterocycles. The molecule has 1 saturated heterocycles. The molecule has 0 radical (unpaired) electrons. The number of rotatable bonds is 5. The van der Waals surface area contributed by atoms with Crippen molar-refractivity contribution in [3.63, 3.8) is 0 Å². The lowest BCUT2D eigenvalue weighted by Gasteiger charge is -2.35. The van der Waals surface area contributed by atoms with Crippen LogP contribution in [0.5, 0.6) is 0 Å². The van der Waals surface area contributed by atoms with Crippen LogP contribution in [0.25, 0.3) is 0 Å². The number of carbonyl (C=O) groups excluding carboxylic acids is 2. The van der Waals surface area contributed by atoms with Gasteiger partial charge < -0.3 is 10.2 Å². The summed E-state index contributed by atoms with van der Waals surface area (Å²) < 4.78 is 0. The maximum absolute atomic E-state index is 12.2. The molecule has 2 unspecified atom stereocenters. The van der Waals surface area contributed by atoms with Crippen molar-refractivity contribution in [3.05, 3.63) is 0 Å². The smallest absolute Gasteiger partial charge is 0.245 e. The van der Waals surface area contributed by atoms with Crippen LogP contribution in [0, 0.1) is 11.8 Å². The molecule has 0 bridgehead atoms. The first-order valence-electron chi connectivity index (χ1n) is 6.02. The summed E-state index contributed by atoms with van der Waals surface area (Å²) in [6.07, 6.45) is 2.05. The highest BCUT2D eigenvalue weighted by Gasteiger charge is 2.34.